The van der Waals surface area contributed by atoms with E-state index in [1.54, 1.807) is 72.1 Å². The van der Waals surface area contributed by atoms with Crippen molar-refractivity contribution in [2.24, 2.45) is 5.73 Å². The van der Waals surface area contributed by atoms with Gasteiger partial charge in [-0.15, -0.1) is 11.3 Å². The Hall–Kier alpha value is -4.88. The van der Waals surface area contributed by atoms with Crippen molar-refractivity contribution in [3.63, 3.8) is 0 Å². The highest BCUT2D eigenvalue weighted by Gasteiger charge is 2.42. The van der Waals surface area contributed by atoms with E-state index in [0.29, 0.717) is 21.8 Å². The minimum atomic E-state index is -0.951. The zero-order chi connectivity index (χ0) is 26.5. The number of carbonyl (C=O) groups is 3. The molecule has 2 heterocycles. The molecule has 2 aromatic carbocycles. The number of carbonyl (C=O) groups excluding carboxylic acids is 3. The van der Waals surface area contributed by atoms with E-state index in [0.717, 1.165) is 0 Å². The Morgan fingerprint density at radius 2 is 1.65 bits per heavy atom. The fourth-order valence-corrected chi connectivity index (χ4v) is 4.69. The Balaban J connectivity index is 1.84. The molecular weight excluding hydrogens is 492 g/mol. The number of anilines is 2. The average molecular weight is 515 g/mol. The van der Waals surface area contributed by atoms with Gasteiger partial charge in [0.05, 0.1) is 42.2 Å². The number of nitriles is 1. The van der Waals surface area contributed by atoms with E-state index in [-0.39, 0.29) is 28.6 Å². The maximum Gasteiger partial charge on any atom is 0.355 e. The van der Waals surface area contributed by atoms with E-state index in [2.05, 4.69) is 11.4 Å². The van der Waals surface area contributed by atoms with Crippen molar-refractivity contribution in [2.45, 2.75) is 5.92 Å². The number of thiophene rings is 1. The van der Waals surface area contributed by atoms with Crippen LogP contribution < -0.4 is 16.0 Å². The van der Waals surface area contributed by atoms with Crippen molar-refractivity contribution in [3.8, 4) is 6.07 Å². The molecule has 0 fully saturated rings. The van der Waals surface area contributed by atoms with Gasteiger partial charge in [-0.3, -0.25) is 9.69 Å². The van der Waals surface area contributed by atoms with Gasteiger partial charge in [-0.1, -0.05) is 36.4 Å². The van der Waals surface area contributed by atoms with E-state index in [1.165, 1.54) is 30.5 Å². The summed E-state index contributed by atoms with van der Waals surface area (Å²) in [5, 5.41) is 14.7. The molecule has 0 saturated heterocycles. The van der Waals surface area contributed by atoms with Gasteiger partial charge < -0.3 is 20.5 Å². The zero-order valence-electron chi connectivity index (χ0n) is 19.9. The van der Waals surface area contributed by atoms with E-state index in [1.807, 2.05) is 0 Å². The number of benzene rings is 2. The van der Waals surface area contributed by atoms with Crippen LogP contribution in [0.2, 0.25) is 0 Å². The second kappa shape index (κ2) is 10.8. The van der Waals surface area contributed by atoms with Gasteiger partial charge >= 0.3 is 11.9 Å². The first kappa shape index (κ1) is 25.2. The number of nitrogens with zero attached hydrogens (tertiary/aromatic N) is 2. The van der Waals surface area contributed by atoms with Gasteiger partial charge in [0.25, 0.3) is 5.91 Å². The number of nitrogens with one attached hydrogen (secondary N) is 1. The third-order valence-corrected chi connectivity index (χ3v) is 6.61. The van der Waals surface area contributed by atoms with Crippen LogP contribution in [-0.2, 0) is 19.1 Å². The number of hydrogen-bond acceptors (Lipinski definition) is 9. The third-order valence-electron chi connectivity index (χ3n) is 5.74. The van der Waals surface area contributed by atoms with Gasteiger partial charge in [0, 0.05) is 11.4 Å². The highest BCUT2D eigenvalue weighted by molar-refractivity contribution is 7.12. The lowest BCUT2D eigenvalue weighted by Crippen LogP contribution is -2.40. The molecule has 0 radical (unpaired) electrons. The number of nitrogens with two attached hydrogens (primary N) is 1. The van der Waals surface area contributed by atoms with Gasteiger partial charge in [0.1, 0.15) is 11.5 Å². The predicted octanol–water partition coefficient (Wildman–Crippen LogP) is 3.90. The average Bonchev–Trinajstić information content (AvgIpc) is 3.48. The number of esters is 2. The minimum Gasteiger partial charge on any atom is -0.466 e. The number of rotatable bonds is 6. The molecule has 0 aliphatic carbocycles. The Kier molecular flexibility index (Phi) is 7.36. The molecule has 1 aliphatic rings. The lowest BCUT2D eigenvalue weighted by atomic mass is 9.81. The number of amides is 1. The molecule has 0 saturated carbocycles. The first-order valence-electron chi connectivity index (χ1n) is 11.0. The summed E-state index contributed by atoms with van der Waals surface area (Å²) >= 11 is 1.31. The summed E-state index contributed by atoms with van der Waals surface area (Å²) < 4.78 is 10.0. The van der Waals surface area contributed by atoms with E-state index in [9.17, 15) is 19.6 Å². The number of allylic oxidation sites excluding steroid dienone is 1. The summed E-state index contributed by atoms with van der Waals surface area (Å²) in [7, 11) is 2.37. The molecular formula is C27H22N4O5S. The molecule has 3 aromatic rings. The molecule has 186 valence electrons. The van der Waals surface area contributed by atoms with Crippen LogP contribution in [0.5, 0.6) is 0 Å². The summed E-state index contributed by atoms with van der Waals surface area (Å²) in [5.74, 6) is -2.90. The second-order valence-electron chi connectivity index (χ2n) is 7.81. The van der Waals surface area contributed by atoms with Crippen LogP contribution in [0.4, 0.5) is 11.4 Å². The van der Waals surface area contributed by atoms with Gasteiger partial charge in [-0.05, 0) is 41.3 Å². The number of hydrogen-bond donors (Lipinski definition) is 2. The fraction of sp³-hybridized carbons (Fsp3) is 0.111. The van der Waals surface area contributed by atoms with Gasteiger partial charge in [-0.2, -0.15) is 5.26 Å². The van der Waals surface area contributed by atoms with E-state index in [4.69, 9.17) is 15.2 Å². The van der Waals surface area contributed by atoms with Crippen molar-refractivity contribution in [3.05, 3.63) is 105 Å². The summed E-state index contributed by atoms with van der Waals surface area (Å²) in [6.45, 7) is 0. The smallest absolute Gasteiger partial charge is 0.355 e. The molecule has 1 amide bonds. The van der Waals surface area contributed by atoms with Crippen LogP contribution in [0, 0.1) is 11.3 Å². The Morgan fingerprint density at radius 3 is 2.22 bits per heavy atom. The largest absolute Gasteiger partial charge is 0.466 e. The molecule has 37 heavy (non-hydrogen) atoms. The molecule has 1 aliphatic heterocycles. The topological polar surface area (TPSA) is 135 Å². The highest BCUT2D eigenvalue weighted by atomic mass is 32.1. The quantitative estimate of drug-likeness (QED) is 0.473. The standard InChI is InChI=1S/C27H22N4O5S/c1-35-26(33)22-21(16-7-4-3-5-8-16)19(15-28)24(29)31(23(22)27(34)36-2)18-12-10-17(11-13-18)30-25(32)20-9-6-14-37-20/h3-14,21H,29H2,1-2H3,(H,30,32). The first-order valence-corrected chi connectivity index (χ1v) is 11.9. The summed E-state index contributed by atoms with van der Waals surface area (Å²) in [6, 6.07) is 20.8. The predicted molar refractivity (Wildman–Crippen MR) is 138 cm³/mol. The van der Waals surface area contributed by atoms with Crippen LogP contribution >= 0.6 is 11.3 Å². The maximum atomic E-state index is 13.1. The summed E-state index contributed by atoms with van der Waals surface area (Å²) in [4.78, 5) is 40.4. The van der Waals surface area contributed by atoms with E-state index < -0.39 is 17.9 Å². The van der Waals surface area contributed by atoms with Crippen molar-refractivity contribution in [2.75, 3.05) is 24.4 Å². The lowest BCUT2D eigenvalue weighted by Gasteiger charge is -2.35. The van der Waals surface area contributed by atoms with Crippen LogP contribution in [0.3, 0.4) is 0 Å². The maximum absolute atomic E-state index is 13.1. The van der Waals surface area contributed by atoms with Crippen LogP contribution in [-0.4, -0.2) is 32.1 Å². The van der Waals surface area contributed by atoms with Crippen molar-refractivity contribution < 1.29 is 23.9 Å². The van der Waals surface area contributed by atoms with Crippen molar-refractivity contribution >= 4 is 40.6 Å². The van der Waals surface area contributed by atoms with Gasteiger partial charge in [-0.25, -0.2) is 9.59 Å². The molecule has 9 nitrogen and oxygen atoms in total. The Bertz CT molecular complexity index is 1440. The molecule has 0 bridgehead atoms. The third kappa shape index (κ3) is 4.80. The van der Waals surface area contributed by atoms with E-state index >= 15 is 0 Å². The molecule has 3 N–H and O–H groups in total. The summed E-state index contributed by atoms with van der Waals surface area (Å²) in [5.41, 5.74) is 7.74. The molecule has 1 atom stereocenters. The van der Waals surface area contributed by atoms with Crippen molar-refractivity contribution in [1.29, 1.82) is 5.26 Å². The molecule has 4 rings (SSSR count). The normalized spacial score (nSPS) is 15.2. The fourth-order valence-electron chi connectivity index (χ4n) is 4.08. The number of ether oxygens (including phenoxy) is 2. The minimum absolute atomic E-state index is 0.0419. The van der Waals surface area contributed by atoms with Gasteiger partial charge in [0.2, 0.25) is 0 Å². The number of methoxy groups -OCH3 is 2. The van der Waals surface area contributed by atoms with Crippen LogP contribution in [0.1, 0.15) is 21.2 Å². The van der Waals surface area contributed by atoms with Crippen LogP contribution in [0.25, 0.3) is 0 Å². The molecule has 1 unspecified atom stereocenters. The van der Waals surface area contributed by atoms with Gasteiger partial charge in [0.15, 0.2) is 0 Å². The summed E-state index contributed by atoms with van der Waals surface area (Å²) in [6.07, 6.45) is 0. The molecule has 0 spiro atoms. The van der Waals surface area contributed by atoms with Crippen molar-refractivity contribution in [1.82, 2.24) is 0 Å². The molecule has 1 aromatic heterocycles. The SMILES string of the molecule is COC(=O)C1=C(C(=O)OC)N(c2ccc(NC(=O)c3cccs3)cc2)C(N)=C(C#N)C1c1ccccc1. The Morgan fingerprint density at radius 1 is 0.973 bits per heavy atom. The van der Waals surface area contributed by atoms with Crippen LogP contribution in [0.15, 0.2) is 94.8 Å². The second-order valence-corrected chi connectivity index (χ2v) is 8.76. The zero-order valence-corrected chi connectivity index (χ0v) is 20.7. The first-order chi connectivity index (χ1) is 17.9. The monoisotopic (exact) mass is 514 g/mol. The lowest BCUT2D eigenvalue weighted by molar-refractivity contribution is -0.139. The highest BCUT2D eigenvalue weighted by Crippen LogP contribution is 2.43. The Labute approximate surface area is 217 Å². The molecule has 10 heteroatoms.